The van der Waals surface area contributed by atoms with E-state index in [1.807, 2.05) is 11.3 Å². The molecule has 10 aromatic rings. The van der Waals surface area contributed by atoms with Crippen molar-refractivity contribution in [1.82, 2.24) is 9.13 Å². The normalized spacial score (nSPS) is 12.7. The van der Waals surface area contributed by atoms with E-state index in [1.54, 1.807) is 0 Å². The number of rotatable bonds is 2. The van der Waals surface area contributed by atoms with Crippen molar-refractivity contribution in [3.05, 3.63) is 152 Å². The van der Waals surface area contributed by atoms with Gasteiger partial charge in [0.05, 0.1) is 39.1 Å². The Labute approximate surface area is 268 Å². The second-order valence-electron chi connectivity index (χ2n) is 12.2. The van der Waals surface area contributed by atoms with Gasteiger partial charge in [-0.05, 0) is 66.7 Å². The highest BCUT2D eigenvalue weighted by Gasteiger charge is 2.30. The molecule has 4 heteroatoms. The van der Waals surface area contributed by atoms with Crippen LogP contribution in [0.25, 0.3) is 75.2 Å². The minimum Gasteiger partial charge on any atom is -0.309 e. The lowest BCUT2D eigenvalue weighted by atomic mass is 10.1. The predicted molar refractivity (Wildman–Crippen MR) is 196 cm³/mol. The lowest BCUT2D eigenvalue weighted by Gasteiger charge is -2.33. The zero-order chi connectivity index (χ0) is 29.9. The van der Waals surface area contributed by atoms with Crippen LogP contribution in [-0.4, -0.2) is 9.13 Å². The quantitative estimate of drug-likeness (QED) is 0.192. The van der Waals surface area contributed by atoms with E-state index in [0.717, 1.165) is 5.69 Å². The first kappa shape index (κ1) is 24.5. The largest absolute Gasteiger partial charge is 0.309 e. The van der Waals surface area contributed by atoms with Gasteiger partial charge in [-0.25, -0.2) is 0 Å². The highest BCUT2D eigenvalue weighted by Crippen LogP contribution is 2.51. The summed E-state index contributed by atoms with van der Waals surface area (Å²) in [6, 6.07) is 55.6. The maximum absolute atomic E-state index is 2.53. The monoisotopic (exact) mass is 603 g/mol. The lowest BCUT2D eigenvalue weighted by Crippen LogP contribution is -2.17. The minimum atomic E-state index is 1.16. The van der Waals surface area contributed by atoms with Crippen LogP contribution in [0.2, 0.25) is 0 Å². The average Bonchev–Trinajstić information content (AvgIpc) is 3.77. The second-order valence-corrected chi connectivity index (χ2v) is 13.2. The summed E-state index contributed by atoms with van der Waals surface area (Å²) in [7, 11) is 0. The van der Waals surface area contributed by atoms with Crippen molar-refractivity contribution >= 4 is 92.2 Å². The Balaban J connectivity index is 1.30. The van der Waals surface area contributed by atoms with Gasteiger partial charge in [0.2, 0.25) is 0 Å². The van der Waals surface area contributed by atoms with Gasteiger partial charge < -0.3 is 14.0 Å². The zero-order valence-electron chi connectivity index (χ0n) is 24.7. The molecule has 11 rings (SSSR count). The summed E-state index contributed by atoms with van der Waals surface area (Å²) in [5.74, 6) is 0. The van der Waals surface area contributed by atoms with E-state index in [4.69, 9.17) is 0 Å². The summed E-state index contributed by atoms with van der Waals surface area (Å²) in [5.41, 5.74) is 10.9. The van der Waals surface area contributed by atoms with Gasteiger partial charge in [0.15, 0.2) is 0 Å². The molecular weight excluding hydrogens is 579 g/mol. The first-order chi connectivity index (χ1) is 22.8. The van der Waals surface area contributed by atoms with Gasteiger partial charge in [0, 0.05) is 53.1 Å². The molecule has 0 bridgehead atoms. The van der Waals surface area contributed by atoms with E-state index in [1.165, 1.54) is 86.5 Å². The predicted octanol–water partition coefficient (Wildman–Crippen LogP) is 12.0. The summed E-state index contributed by atoms with van der Waals surface area (Å²) in [5, 5.41) is 7.73. The van der Waals surface area contributed by atoms with Crippen molar-refractivity contribution in [3.8, 4) is 11.4 Å². The van der Waals surface area contributed by atoms with Crippen LogP contribution in [0.4, 0.5) is 17.1 Å². The lowest BCUT2D eigenvalue weighted by molar-refractivity contribution is 1.12. The highest BCUT2D eigenvalue weighted by atomic mass is 32.1. The number of fused-ring (bicyclic) bond motifs is 12. The third-order valence-corrected chi connectivity index (χ3v) is 11.0. The van der Waals surface area contributed by atoms with Crippen molar-refractivity contribution in [3.63, 3.8) is 0 Å². The molecule has 0 fully saturated rings. The Hall–Kier alpha value is -5.84. The van der Waals surface area contributed by atoms with Gasteiger partial charge in [-0.1, -0.05) is 84.9 Å². The summed E-state index contributed by atoms with van der Waals surface area (Å²) in [6.07, 6.45) is 0. The van der Waals surface area contributed by atoms with E-state index in [-0.39, 0.29) is 0 Å². The molecule has 0 saturated heterocycles. The molecule has 1 aliphatic heterocycles. The molecule has 4 heterocycles. The van der Waals surface area contributed by atoms with Gasteiger partial charge in [0.1, 0.15) is 0 Å². The van der Waals surface area contributed by atoms with Crippen molar-refractivity contribution in [1.29, 1.82) is 0 Å². The maximum Gasteiger partial charge on any atom is 0.0783 e. The van der Waals surface area contributed by atoms with Crippen LogP contribution in [0.1, 0.15) is 0 Å². The minimum absolute atomic E-state index is 1.16. The first-order valence-corrected chi connectivity index (χ1v) is 16.5. The molecule has 0 unspecified atom stereocenters. The standard InChI is InChI=1S/C42H25N3S/c1-2-11-26(12-3-1)43-34-17-7-8-18-35(34)45-41-29(15-10-19-37(41)43)30-22-23-36-40(42(30)45)31-14-4-6-16-33(31)44(36)27-21-24-39-32(25-27)28-13-5-9-20-38(28)46-39/h1-25H. The SMILES string of the molecule is c1ccc(N2c3ccccc3-n3c4c2cccc4c2ccc4c(c5ccccc5n4-c4ccc5sc6ccccc6c5c4)c23)cc1. The van der Waals surface area contributed by atoms with Crippen LogP contribution in [0.3, 0.4) is 0 Å². The number of aromatic nitrogens is 2. The van der Waals surface area contributed by atoms with Crippen molar-refractivity contribution in [2.75, 3.05) is 4.90 Å². The Bertz CT molecular complexity index is 2870. The van der Waals surface area contributed by atoms with Crippen LogP contribution in [0.5, 0.6) is 0 Å². The Morgan fingerprint density at radius 1 is 0.370 bits per heavy atom. The van der Waals surface area contributed by atoms with E-state index < -0.39 is 0 Å². The first-order valence-electron chi connectivity index (χ1n) is 15.7. The number of thiophene rings is 1. The molecule has 3 aromatic heterocycles. The average molecular weight is 604 g/mol. The molecule has 0 spiro atoms. The summed E-state index contributed by atoms with van der Waals surface area (Å²) < 4.78 is 7.65. The molecule has 0 amide bonds. The Morgan fingerprint density at radius 2 is 1.07 bits per heavy atom. The van der Waals surface area contributed by atoms with E-state index in [2.05, 4.69) is 166 Å². The van der Waals surface area contributed by atoms with Gasteiger partial charge >= 0.3 is 0 Å². The molecule has 214 valence electrons. The third-order valence-electron chi connectivity index (χ3n) is 9.80. The van der Waals surface area contributed by atoms with Crippen molar-refractivity contribution < 1.29 is 0 Å². The number of benzene rings is 7. The number of hydrogen-bond acceptors (Lipinski definition) is 2. The third kappa shape index (κ3) is 3.06. The number of para-hydroxylation sites is 5. The van der Waals surface area contributed by atoms with E-state index in [9.17, 15) is 0 Å². The molecule has 0 saturated carbocycles. The van der Waals surface area contributed by atoms with Gasteiger partial charge in [-0.15, -0.1) is 11.3 Å². The van der Waals surface area contributed by atoms with Crippen LogP contribution < -0.4 is 4.90 Å². The summed E-state index contributed by atoms with van der Waals surface area (Å²) >= 11 is 1.87. The van der Waals surface area contributed by atoms with Crippen LogP contribution >= 0.6 is 11.3 Å². The molecule has 1 aliphatic rings. The topological polar surface area (TPSA) is 13.1 Å². The fraction of sp³-hybridized carbons (Fsp3) is 0. The van der Waals surface area contributed by atoms with E-state index in [0.29, 0.717) is 0 Å². The molecule has 0 N–H and O–H groups in total. The molecule has 0 aliphatic carbocycles. The van der Waals surface area contributed by atoms with Crippen LogP contribution in [0, 0.1) is 0 Å². The number of hydrogen-bond donors (Lipinski definition) is 0. The summed E-state index contributed by atoms with van der Waals surface area (Å²) in [4.78, 5) is 2.41. The van der Waals surface area contributed by atoms with E-state index >= 15 is 0 Å². The molecule has 0 radical (unpaired) electrons. The molecule has 0 atom stereocenters. The van der Waals surface area contributed by atoms with Crippen LogP contribution in [0.15, 0.2) is 152 Å². The van der Waals surface area contributed by atoms with Crippen molar-refractivity contribution in [2.45, 2.75) is 0 Å². The van der Waals surface area contributed by atoms with Gasteiger partial charge in [-0.2, -0.15) is 0 Å². The molecule has 7 aromatic carbocycles. The maximum atomic E-state index is 2.53. The highest BCUT2D eigenvalue weighted by molar-refractivity contribution is 7.25. The number of anilines is 3. The Morgan fingerprint density at radius 3 is 1.98 bits per heavy atom. The van der Waals surface area contributed by atoms with Gasteiger partial charge in [0.25, 0.3) is 0 Å². The number of nitrogens with zero attached hydrogens (tertiary/aromatic N) is 3. The van der Waals surface area contributed by atoms with Crippen molar-refractivity contribution in [2.24, 2.45) is 0 Å². The second kappa shape index (κ2) is 8.87. The molecule has 3 nitrogen and oxygen atoms in total. The summed E-state index contributed by atoms with van der Waals surface area (Å²) in [6.45, 7) is 0. The Kier molecular flexibility index (Phi) is 4.72. The fourth-order valence-corrected chi connectivity index (χ4v) is 9.05. The van der Waals surface area contributed by atoms with Gasteiger partial charge in [-0.3, -0.25) is 0 Å². The molecule has 46 heavy (non-hydrogen) atoms. The molecular formula is C42H25N3S. The smallest absolute Gasteiger partial charge is 0.0783 e. The fourth-order valence-electron chi connectivity index (χ4n) is 7.97. The van der Waals surface area contributed by atoms with Crippen LogP contribution in [-0.2, 0) is 0 Å². The zero-order valence-corrected chi connectivity index (χ0v) is 25.5.